The molecule has 4 heterocycles. The van der Waals surface area contributed by atoms with Crippen molar-refractivity contribution in [3.63, 3.8) is 0 Å². The number of hydrogen-bond acceptors (Lipinski definition) is 7. The number of rotatable bonds is 3. The second-order valence-electron chi connectivity index (χ2n) is 6.87. The van der Waals surface area contributed by atoms with E-state index < -0.39 is 0 Å². The van der Waals surface area contributed by atoms with Gasteiger partial charge in [0.2, 0.25) is 0 Å². The lowest BCUT2D eigenvalue weighted by Gasteiger charge is -2.21. The zero-order chi connectivity index (χ0) is 17.7. The summed E-state index contributed by atoms with van der Waals surface area (Å²) >= 11 is 0. The monoisotopic (exact) mass is 353 g/mol. The molecule has 26 heavy (non-hydrogen) atoms. The number of aromatic nitrogens is 6. The van der Waals surface area contributed by atoms with Crippen LogP contribution in [0.2, 0.25) is 0 Å². The maximum atomic E-state index is 12.6. The summed E-state index contributed by atoms with van der Waals surface area (Å²) in [6.45, 7) is 0.937. The molecule has 0 aromatic carbocycles. The zero-order valence-electron chi connectivity index (χ0n) is 14.4. The summed E-state index contributed by atoms with van der Waals surface area (Å²) in [5, 5.41) is 13.2. The lowest BCUT2D eigenvalue weighted by molar-refractivity contribution is 0.182. The van der Waals surface area contributed by atoms with Gasteiger partial charge in [-0.3, -0.25) is 9.48 Å². The van der Waals surface area contributed by atoms with Gasteiger partial charge in [-0.05, 0) is 24.8 Å². The van der Waals surface area contributed by atoms with Crippen molar-refractivity contribution < 1.29 is 4.74 Å². The van der Waals surface area contributed by atoms with Crippen molar-refractivity contribution in [2.24, 2.45) is 7.05 Å². The molecule has 0 spiro atoms. The minimum absolute atomic E-state index is 0.0674. The van der Waals surface area contributed by atoms with E-state index in [2.05, 4.69) is 25.5 Å². The Hall–Kier alpha value is -2.81. The van der Waals surface area contributed by atoms with Gasteiger partial charge in [0.25, 0.3) is 5.56 Å². The van der Waals surface area contributed by atoms with Gasteiger partial charge in [0.05, 0.1) is 30.3 Å². The number of anilines is 1. The second kappa shape index (κ2) is 5.87. The molecule has 3 aromatic rings. The Morgan fingerprint density at radius 1 is 1.23 bits per heavy atom. The Labute approximate surface area is 149 Å². The molecule has 1 fully saturated rings. The molecular formula is C17H19N7O2. The van der Waals surface area contributed by atoms with E-state index in [-0.39, 0.29) is 17.6 Å². The van der Waals surface area contributed by atoms with E-state index in [1.54, 1.807) is 15.4 Å². The summed E-state index contributed by atoms with van der Waals surface area (Å²) in [6, 6.07) is 1.46. The fourth-order valence-electron chi connectivity index (χ4n) is 3.82. The third kappa shape index (κ3) is 2.47. The van der Waals surface area contributed by atoms with Crippen LogP contribution in [0, 0.1) is 0 Å². The van der Waals surface area contributed by atoms with Crippen molar-refractivity contribution in [3.8, 4) is 0 Å². The molecule has 1 aliphatic carbocycles. The normalized spacial score (nSPS) is 22.0. The largest absolute Gasteiger partial charge is 0.377 e. The highest BCUT2D eigenvalue weighted by Crippen LogP contribution is 2.25. The SMILES string of the molecule is Cn1cc2c(NC3COCC3n3nc4c(cc3=O)CCC4)ncnc2n1. The molecule has 0 saturated carbocycles. The van der Waals surface area contributed by atoms with Gasteiger partial charge in [0.15, 0.2) is 5.65 Å². The number of hydrogen-bond donors (Lipinski definition) is 1. The molecule has 9 nitrogen and oxygen atoms in total. The van der Waals surface area contributed by atoms with Crippen molar-refractivity contribution in [1.29, 1.82) is 0 Å². The molecule has 2 aliphatic rings. The molecule has 0 bridgehead atoms. The smallest absolute Gasteiger partial charge is 0.267 e. The molecule has 0 radical (unpaired) electrons. The molecule has 2 atom stereocenters. The van der Waals surface area contributed by atoms with E-state index in [0.29, 0.717) is 24.7 Å². The lowest BCUT2D eigenvalue weighted by atomic mass is 10.1. The third-order valence-corrected chi connectivity index (χ3v) is 5.10. The maximum absolute atomic E-state index is 12.6. The highest BCUT2D eigenvalue weighted by atomic mass is 16.5. The fourth-order valence-corrected chi connectivity index (χ4v) is 3.82. The Kier molecular flexibility index (Phi) is 3.49. The van der Waals surface area contributed by atoms with E-state index in [0.717, 1.165) is 35.9 Å². The van der Waals surface area contributed by atoms with Gasteiger partial charge >= 0.3 is 0 Å². The standard InChI is InChI=1S/C17H19N7O2/c1-23-6-11-16(18-9-19-17(11)22-23)20-13-7-26-8-14(13)24-15(25)5-10-3-2-4-12(10)21-24/h5-6,9,13-14H,2-4,7-8H2,1H3,(H,18,19,20,22). The second-order valence-corrected chi connectivity index (χ2v) is 6.87. The van der Waals surface area contributed by atoms with Gasteiger partial charge in [-0.1, -0.05) is 0 Å². The first-order valence-electron chi connectivity index (χ1n) is 8.79. The first-order valence-corrected chi connectivity index (χ1v) is 8.79. The highest BCUT2D eigenvalue weighted by molar-refractivity contribution is 5.85. The van der Waals surface area contributed by atoms with Crippen molar-refractivity contribution >= 4 is 16.9 Å². The van der Waals surface area contributed by atoms with Gasteiger partial charge in [0.1, 0.15) is 18.2 Å². The average Bonchev–Trinajstić information content (AvgIpc) is 3.33. The minimum atomic E-state index is -0.171. The summed E-state index contributed by atoms with van der Waals surface area (Å²) in [6.07, 6.45) is 6.31. The quantitative estimate of drug-likeness (QED) is 0.730. The van der Waals surface area contributed by atoms with Gasteiger partial charge in [-0.2, -0.15) is 10.2 Å². The Balaban J connectivity index is 1.49. The molecule has 5 rings (SSSR count). The van der Waals surface area contributed by atoms with Crippen molar-refractivity contribution in [1.82, 2.24) is 29.5 Å². The van der Waals surface area contributed by atoms with Crippen LogP contribution in [0.5, 0.6) is 0 Å². The number of fused-ring (bicyclic) bond motifs is 2. The fraction of sp³-hybridized carbons (Fsp3) is 0.471. The molecule has 1 aliphatic heterocycles. The van der Waals surface area contributed by atoms with E-state index in [4.69, 9.17) is 4.74 Å². The van der Waals surface area contributed by atoms with Crippen LogP contribution in [0.25, 0.3) is 11.0 Å². The zero-order valence-corrected chi connectivity index (χ0v) is 14.4. The van der Waals surface area contributed by atoms with Gasteiger partial charge in [-0.15, -0.1) is 0 Å². The Bertz CT molecular complexity index is 1040. The summed E-state index contributed by atoms with van der Waals surface area (Å²) in [7, 11) is 1.85. The Morgan fingerprint density at radius 3 is 3.08 bits per heavy atom. The van der Waals surface area contributed by atoms with Gasteiger partial charge in [-0.25, -0.2) is 14.6 Å². The topological polar surface area (TPSA) is 99.8 Å². The lowest BCUT2D eigenvalue weighted by Crippen LogP contribution is -2.38. The van der Waals surface area contributed by atoms with Crippen LogP contribution in [0.1, 0.15) is 23.7 Å². The molecular weight excluding hydrogens is 334 g/mol. The molecule has 1 N–H and O–H groups in total. The van der Waals surface area contributed by atoms with Crippen LogP contribution in [-0.4, -0.2) is 48.8 Å². The van der Waals surface area contributed by atoms with Crippen LogP contribution in [0.15, 0.2) is 23.4 Å². The molecule has 134 valence electrons. The van der Waals surface area contributed by atoms with Crippen LogP contribution < -0.4 is 10.9 Å². The number of nitrogens with zero attached hydrogens (tertiary/aromatic N) is 6. The van der Waals surface area contributed by atoms with E-state index in [1.807, 2.05) is 13.2 Å². The van der Waals surface area contributed by atoms with Crippen molar-refractivity contribution in [3.05, 3.63) is 40.2 Å². The first kappa shape index (κ1) is 15.4. The summed E-state index contributed by atoms with van der Waals surface area (Å²) < 4.78 is 8.95. The van der Waals surface area contributed by atoms with E-state index in [9.17, 15) is 4.79 Å². The number of nitrogens with one attached hydrogen (secondary N) is 1. The maximum Gasteiger partial charge on any atom is 0.267 e. The van der Waals surface area contributed by atoms with Crippen LogP contribution in [0.4, 0.5) is 5.82 Å². The molecule has 2 unspecified atom stereocenters. The summed E-state index contributed by atoms with van der Waals surface area (Å²) in [5.41, 5.74) is 2.69. The van der Waals surface area contributed by atoms with Crippen LogP contribution in [-0.2, 0) is 24.6 Å². The molecule has 1 saturated heterocycles. The molecule has 9 heteroatoms. The van der Waals surface area contributed by atoms with Crippen LogP contribution in [0.3, 0.4) is 0 Å². The Morgan fingerprint density at radius 2 is 2.15 bits per heavy atom. The number of aryl methyl sites for hydroxylation is 3. The first-order chi connectivity index (χ1) is 12.7. The highest BCUT2D eigenvalue weighted by Gasteiger charge is 2.33. The minimum Gasteiger partial charge on any atom is -0.377 e. The van der Waals surface area contributed by atoms with E-state index >= 15 is 0 Å². The summed E-state index contributed by atoms with van der Waals surface area (Å²) in [5.74, 6) is 0.692. The van der Waals surface area contributed by atoms with Gasteiger partial charge < -0.3 is 10.1 Å². The molecule has 3 aromatic heterocycles. The third-order valence-electron chi connectivity index (χ3n) is 5.10. The summed E-state index contributed by atoms with van der Waals surface area (Å²) in [4.78, 5) is 21.1. The van der Waals surface area contributed by atoms with E-state index in [1.165, 1.54) is 6.33 Å². The number of ether oxygens (including phenoxy) is 1. The molecule has 0 amide bonds. The predicted octanol–water partition coefficient (Wildman–Crippen LogP) is 0.461. The van der Waals surface area contributed by atoms with Gasteiger partial charge in [0, 0.05) is 19.3 Å². The predicted molar refractivity (Wildman–Crippen MR) is 94.1 cm³/mol. The van der Waals surface area contributed by atoms with Crippen LogP contribution >= 0.6 is 0 Å². The van der Waals surface area contributed by atoms with Crippen molar-refractivity contribution in [2.75, 3.05) is 18.5 Å². The average molecular weight is 353 g/mol. The van der Waals surface area contributed by atoms with Crippen molar-refractivity contribution in [2.45, 2.75) is 31.3 Å².